The molecule has 0 aliphatic carbocycles. The van der Waals surface area contributed by atoms with Crippen LogP contribution in [0.4, 0.5) is 4.79 Å². The number of carbonyl (C=O) groups excluding carboxylic acids is 1. The average molecular weight is 224 g/mol. The van der Waals surface area contributed by atoms with E-state index in [1.165, 1.54) is 0 Å². The maximum atomic E-state index is 10.3. The number of hydrogen-bond donors (Lipinski definition) is 5. The van der Waals surface area contributed by atoms with E-state index in [4.69, 9.17) is 20.4 Å². The van der Waals surface area contributed by atoms with Gasteiger partial charge < -0.3 is 30.3 Å². The fraction of sp³-hybridized carbons (Fsp3) is 0.714. The number of carbonyl (C=O) groups is 2. The van der Waals surface area contributed by atoms with Crippen LogP contribution in [0.15, 0.2) is 0 Å². The Kier molecular flexibility index (Phi) is 5.79. The van der Waals surface area contributed by atoms with E-state index in [0.717, 1.165) is 0 Å². The quantitative estimate of drug-likeness (QED) is 0.242. The van der Waals surface area contributed by atoms with Crippen molar-refractivity contribution >= 4 is 12.4 Å². The van der Waals surface area contributed by atoms with Crippen molar-refractivity contribution in [2.24, 2.45) is 0 Å². The number of hydrogen-bond acceptors (Lipinski definition) is 7. The predicted octanol–water partition coefficient (Wildman–Crippen LogP) is -2.68. The summed E-state index contributed by atoms with van der Waals surface area (Å²) in [6.45, 7) is -0.850. The molecule has 0 spiro atoms. The highest BCUT2D eigenvalue weighted by molar-refractivity contribution is 5.65. The Hall–Kier alpha value is -1.22. The minimum absolute atomic E-state index is 0.0356. The molecule has 5 N–H and O–H groups in total. The number of carboxylic acid groups (broad SMARTS) is 1. The molecule has 0 aromatic rings. The molecule has 4 unspecified atom stereocenters. The van der Waals surface area contributed by atoms with Crippen LogP contribution in [-0.2, 0) is 9.53 Å². The maximum Gasteiger partial charge on any atom is 0.506 e. The zero-order valence-corrected chi connectivity index (χ0v) is 7.55. The van der Waals surface area contributed by atoms with E-state index in [1.807, 2.05) is 0 Å². The van der Waals surface area contributed by atoms with E-state index in [-0.39, 0.29) is 6.29 Å². The monoisotopic (exact) mass is 224 g/mol. The first kappa shape index (κ1) is 13.8. The van der Waals surface area contributed by atoms with E-state index in [1.54, 1.807) is 0 Å². The largest absolute Gasteiger partial charge is 0.506 e. The second kappa shape index (κ2) is 6.30. The topological polar surface area (TPSA) is 145 Å². The van der Waals surface area contributed by atoms with E-state index in [2.05, 4.69) is 4.74 Å². The second-order valence-electron chi connectivity index (χ2n) is 2.72. The Labute approximate surface area is 84.3 Å². The highest BCUT2D eigenvalue weighted by Gasteiger charge is 2.33. The van der Waals surface area contributed by atoms with Gasteiger partial charge in [0.25, 0.3) is 0 Å². The Morgan fingerprint density at radius 3 is 2.13 bits per heavy atom. The number of aliphatic hydroxyl groups is 4. The lowest BCUT2D eigenvalue weighted by atomic mass is 10.0. The number of aliphatic hydroxyl groups excluding tert-OH is 4. The normalized spacial score (nSPS) is 18.7. The van der Waals surface area contributed by atoms with Gasteiger partial charge in [-0.1, -0.05) is 0 Å². The second-order valence-corrected chi connectivity index (χ2v) is 2.72. The fourth-order valence-corrected chi connectivity index (χ4v) is 0.824. The smallest absolute Gasteiger partial charge is 0.450 e. The third-order valence-electron chi connectivity index (χ3n) is 1.64. The summed E-state index contributed by atoms with van der Waals surface area (Å²) >= 11 is 0. The summed E-state index contributed by atoms with van der Waals surface area (Å²) in [5, 5.41) is 43.8. The summed E-state index contributed by atoms with van der Waals surface area (Å²) in [6.07, 6.45) is -9.19. The Morgan fingerprint density at radius 2 is 1.80 bits per heavy atom. The van der Waals surface area contributed by atoms with Gasteiger partial charge in [-0.05, 0) is 0 Å². The molecule has 0 aliphatic heterocycles. The zero-order chi connectivity index (χ0) is 12.0. The van der Waals surface area contributed by atoms with Gasteiger partial charge >= 0.3 is 6.16 Å². The predicted molar refractivity (Wildman–Crippen MR) is 44.1 cm³/mol. The zero-order valence-electron chi connectivity index (χ0n) is 7.55. The first-order valence-corrected chi connectivity index (χ1v) is 3.94. The molecule has 0 fully saturated rings. The van der Waals surface area contributed by atoms with Gasteiger partial charge in [0, 0.05) is 0 Å². The van der Waals surface area contributed by atoms with E-state index >= 15 is 0 Å². The van der Waals surface area contributed by atoms with Crippen LogP contribution in [0.3, 0.4) is 0 Å². The highest BCUT2D eigenvalue weighted by Crippen LogP contribution is 2.06. The van der Waals surface area contributed by atoms with Crippen LogP contribution in [0, 0.1) is 0 Å². The van der Waals surface area contributed by atoms with Crippen molar-refractivity contribution in [1.29, 1.82) is 0 Å². The minimum atomic E-state index is -1.94. The van der Waals surface area contributed by atoms with Crippen LogP contribution in [0.2, 0.25) is 0 Å². The summed E-state index contributed by atoms with van der Waals surface area (Å²) < 4.78 is 3.92. The van der Waals surface area contributed by atoms with Gasteiger partial charge in [0.05, 0.1) is 6.61 Å². The summed E-state index contributed by atoms with van der Waals surface area (Å²) in [4.78, 5) is 20.3. The molecule has 0 aromatic heterocycles. The summed E-state index contributed by atoms with van der Waals surface area (Å²) in [5.41, 5.74) is 0. The molecule has 0 heterocycles. The Balaban J connectivity index is 4.42. The van der Waals surface area contributed by atoms with Crippen molar-refractivity contribution in [3.05, 3.63) is 0 Å². The average Bonchev–Trinajstić information content (AvgIpc) is 2.22. The van der Waals surface area contributed by atoms with Crippen LogP contribution in [0.25, 0.3) is 0 Å². The lowest BCUT2D eigenvalue weighted by Gasteiger charge is -2.24. The Morgan fingerprint density at radius 1 is 1.27 bits per heavy atom. The van der Waals surface area contributed by atoms with E-state index in [0.29, 0.717) is 0 Å². The van der Waals surface area contributed by atoms with Gasteiger partial charge in [-0.3, -0.25) is 4.79 Å². The van der Waals surface area contributed by atoms with E-state index in [9.17, 15) is 14.7 Å². The molecule has 8 nitrogen and oxygen atoms in total. The molecule has 0 aliphatic rings. The van der Waals surface area contributed by atoms with Gasteiger partial charge in [0.2, 0.25) is 0 Å². The summed E-state index contributed by atoms with van der Waals surface area (Å²) in [5.74, 6) is 0. The van der Waals surface area contributed by atoms with Crippen molar-refractivity contribution in [1.82, 2.24) is 0 Å². The SMILES string of the molecule is O=CC(OC(=O)O)C(O)C(O)C(O)CO. The molecule has 0 rings (SSSR count). The standard InChI is InChI=1S/C7H12O8/c8-1-3(10)5(11)6(12)4(2-9)15-7(13)14/h2-6,8,10-12H,1H2,(H,13,14). The van der Waals surface area contributed by atoms with Gasteiger partial charge in [-0.25, -0.2) is 4.79 Å². The lowest BCUT2D eigenvalue weighted by molar-refractivity contribution is -0.139. The molecule has 0 amide bonds. The molecule has 0 radical (unpaired) electrons. The van der Waals surface area contributed by atoms with Crippen LogP contribution >= 0.6 is 0 Å². The maximum absolute atomic E-state index is 10.3. The lowest BCUT2D eigenvalue weighted by Crippen LogP contribution is -2.47. The van der Waals surface area contributed by atoms with Crippen molar-refractivity contribution < 1.29 is 39.9 Å². The first-order chi connectivity index (χ1) is 6.93. The first-order valence-electron chi connectivity index (χ1n) is 3.94. The molecular formula is C7H12O8. The number of ether oxygens (including phenoxy) is 1. The molecule has 0 saturated heterocycles. The van der Waals surface area contributed by atoms with Gasteiger partial charge in [0.15, 0.2) is 12.4 Å². The van der Waals surface area contributed by atoms with Crippen molar-refractivity contribution in [3.8, 4) is 0 Å². The Bertz CT molecular complexity index is 217. The summed E-state index contributed by atoms with van der Waals surface area (Å²) in [6, 6.07) is 0. The summed E-state index contributed by atoms with van der Waals surface area (Å²) in [7, 11) is 0. The van der Waals surface area contributed by atoms with Crippen molar-refractivity contribution in [2.75, 3.05) is 6.61 Å². The van der Waals surface area contributed by atoms with Crippen LogP contribution in [0.5, 0.6) is 0 Å². The van der Waals surface area contributed by atoms with Crippen LogP contribution in [-0.4, -0.2) is 69.0 Å². The molecule has 0 aromatic carbocycles. The molecule has 4 atom stereocenters. The van der Waals surface area contributed by atoms with Crippen LogP contribution < -0.4 is 0 Å². The molecule has 8 heteroatoms. The molecular weight excluding hydrogens is 212 g/mol. The number of rotatable bonds is 6. The van der Waals surface area contributed by atoms with Crippen molar-refractivity contribution in [2.45, 2.75) is 24.4 Å². The fourth-order valence-electron chi connectivity index (χ4n) is 0.824. The highest BCUT2D eigenvalue weighted by atomic mass is 16.7. The van der Waals surface area contributed by atoms with E-state index < -0.39 is 37.2 Å². The minimum Gasteiger partial charge on any atom is -0.450 e. The van der Waals surface area contributed by atoms with Gasteiger partial charge in [-0.15, -0.1) is 0 Å². The van der Waals surface area contributed by atoms with Crippen LogP contribution in [0.1, 0.15) is 0 Å². The number of aldehydes is 1. The third-order valence-corrected chi connectivity index (χ3v) is 1.64. The van der Waals surface area contributed by atoms with Crippen molar-refractivity contribution in [3.63, 3.8) is 0 Å². The molecule has 15 heavy (non-hydrogen) atoms. The molecule has 88 valence electrons. The molecule has 0 bridgehead atoms. The third kappa shape index (κ3) is 4.21. The van der Waals surface area contributed by atoms with Gasteiger partial charge in [-0.2, -0.15) is 0 Å². The molecule has 0 saturated carbocycles. The van der Waals surface area contributed by atoms with Gasteiger partial charge in [0.1, 0.15) is 18.3 Å².